The van der Waals surface area contributed by atoms with Crippen molar-refractivity contribution in [1.82, 2.24) is 15.2 Å². The topological polar surface area (TPSA) is 62.3 Å². The van der Waals surface area contributed by atoms with Gasteiger partial charge in [0.2, 0.25) is 11.8 Å². The molecule has 110 valence electrons. The Morgan fingerprint density at radius 3 is 2.70 bits per heavy atom. The van der Waals surface area contributed by atoms with E-state index in [-0.39, 0.29) is 17.9 Å². The molecule has 0 spiro atoms. The van der Waals surface area contributed by atoms with Gasteiger partial charge >= 0.3 is 0 Å². The predicted octanol–water partition coefficient (Wildman–Crippen LogP) is 2.03. The van der Waals surface area contributed by atoms with Crippen LogP contribution in [0.25, 0.3) is 0 Å². The largest absolute Gasteiger partial charge is 0.340 e. The van der Waals surface area contributed by atoms with E-state index in [0.717, 1.165) is 10.7 Å². The van der Waals surface area contributed by atoms with Crippen molar-refractivity contribution in [2.75, 3.05) is 0 Å². The van der Waals surface area contributed by atoms with Crippen LogP contribution in [-0.4, -0.2) is 33.3 Å². The van der Waals surface area contributed by atoms with Crippen LogP contribution in [0.2, 0.25) is 0 Å². The molecule has 2 rings (SSSR count). The molecule has 1 aliphatic heterocycles. The molecule has 1 fully saturated rings. The van der Waals surface area contributed by atoms with Crippen molar-refractivity contribution in [3.63, 3.8) is 0 Å². The zero-order valence-corrected chi connectivity index (χ0v) is 13.4. The van der Waals surface area contributed by atoms with E-state index in [9.17, 15) is 9.59 Å². The maximum atomic E-state index is 12.7. The minimum Gasteiger partial charge on any atom is -0.340 e. The molecule has 1 N–H and O–H groups in total. The maximum Gasteiger partial charge on any atom is 0.249 e. The van der Waals surface area contributed by atoms with Crippen LogP contribution in [0.1, 0.15) is 50.9 Å². The Hall–Kier alpha value is -1.43. The van der Waals surface area contributed by atoms with Crippen LogP contribution in [0.3, 0.4) is 0 Å². The number of nitrogens with zero attached hydrogens (tertiary/aromatic N) is 2. The van der Waals surface area contributed by atoms with E-state index in [1.54, 1.807) is 18.7 Å². The second-order valence-corrected chi connectivity index (χ2v) is 6.46. The maximum absolute atomic E-state index is 12.7. The molecule has 0 saturated carbocycles. The van der Waals surface area contributed by atoms with Crippen LogP contribution >= 0.6 is 11.3 Å². The lowest BCUT2D eigenvalue weighted by atomic mass is 9.91. The smallest absolute Gasteiger partial charge is 0.249 e. The summed E-state index contributed by atoms with van der Waals surface area (Å²) in [4.78, 5) is 31.0. The van der Waals surface area contributed by atoms with E-state index in [1.807, 2.05) is 26.2 Å². The first-order chi connectivity index (χ1) is 9.30. The van der Waals surface area contributed by atoms with Crippen molar-refractivity contribution in [3.8, 4) is 0 Å². The Morgan fingerprint density at radius 1 is 1.55 bits per heavy atom. The number of carbonyl (C=O) groups is 2. The highest BCUT2D eigenvalue weighted by Crippen LogP contribution is 2.31. The summed E-state index contributed by atoms with van der Waals surface area (Å²) in [6, 6.07) is -0.658. The van der Waals surface area contributed by atoms with Gasteiger partial charge in [0.15, 0.2) is 0 Å². The van der Waals surface area contributed by atoms with E-state index in [0.29, 0.717) is 6.42 Å². The third-order valence-corrected chi connectivity index (χ3v) is 5.15. The van der Waals surface area contributed by atoms with Crippen molar-refractivity contribution < 1.29 is 9.59 Å². The highest BCUT2D eigenvalue weighted by molar-refractivity contribution is 7.09. The van der Waals surface area contributed by atoms with Crippen molar-refractivity contribution in [2.24, 2.45) is 0 Å². The molecule has 0 radical (unpaired) electrons. The van der Waals surface area contributed by atoms with E-state index >= 15 is 0 Å². The molecule has 0 bridgehead atoms. The summed E-state index contributed by atoms with van der Waals surface area (Å²) in [6.45, 7) is 9.31. The van der Waals surface area contributed by atoms with Gasteiger partial charge in [-0.2, -0.15) is 0 Å². The molecule has 2 heterocycles. The van der Waals surface area contributed by atoms with Gasteiger partial charge in [-0.15, -0.1) is 11.3 Å². The Bertz CT molecular complexity index is 542. The first-order valence-electron chi connectivity index (χ1n) is 6.87. The molecular weight excluding hydrogens is 274 g/mol. The zero-order chi connectivity index (χ0) is 15.1. The van der Waals surface area contributed by atoms with Gasteiger partial charge in [-0.05, 0) is 34.1 Å². The number of aromatic nitrogens is 1. The van der Waals surface area contributed by atoms with Gasteiger partial charge in [-0.1, -0.05) is 6.92 Å². The number of hydrogen-bond donors (Lipinski definition) is 1. The van der Waals surface area contributed by atoms with Crippen molar-refractivity contribution in [1.29, 1.82) is 0 Å². The van der Waals surface area contributed by atoms with Crippen LogP contribution in [0.15, 0.2) is 5.38 Å². The molecule has 2 amide bonds. The van der Waals surface area contributed by atoms with Gasteiger partial charge in [0.25, 0.3) is 0 Å². The van der Waals surface area contributed by atoms with Crippen LogP contribution in [0.5, 0.6) is 0 Å². The summed E-state index contributed by atoms with van der Waals surface area (Å²) < 4.78 is 0. The summed E-state index contributed by atoms with van der Waals surface area (Å²) in [5.74, 6) is -0.137. The number of thiazole rings is 1. The second-order valence-electron chi connectivity index (χ2n) is 5.57. The van der Waals surface area contributed by atoms with Gasteiger partial charge in [-0.25, -0.2) is 4.98 Å². The minimum atomic E-state index is -0.815. The fourth-order valence-electron chi connectivity index (χ4n) is 2.45. The Labute approximate surface area is 123 Å². The average Bonchev–Trinajstić information content (AvgIpc) is 2.83. The van der Waals surface area contributed by atoms with Crippen LogP contribution < -0.4 is 5.32 Å². The molecule has 0 aliphatic carbocycles. The number of piperazine rings is 1. The standard InChI is InChI=1S/C14H21N3O2S/c1-6-14(5)13(19)17(9(3)11(18)16-14)10(4)12-15-8(2)7-20-12/h7,9-10H,6H2,1-5H3,(H,16,18). The summed E-state index contributed by atoms with van der Waals surface area (Å²) in [6.07, 6.45) is 0.574. The summed E-state index contributed by atoms with van der Waals surface area (Å²) in [7, 11) is 0. The van der Waals surface area contributed by atoms with Crippen molar-refractivity contribution in [2.45, 2.75) is 58.7 Å². The first kappa shape index (κ1) is 15.0. The minimum absolute atomic E-state index is 0.0348. The summed E-state index contributed by atoms with van der Waals surface area (Å²) in [5.41, 5.74) is 0.126. The number of rotatable bonds is 3. The molecule has 1 saturated heterocycles. The van der Waals surface area contributed by atoms with E-state index < -0.39 is 11.6 Å². The van der Waals surface area contributed by atoms with Gasteiger partial charge in [0, 0.05) is 11.1 Å². The number of hydrogen-bond acceptors (Lipinski definition) is 4. The number of aryl methyl sites for hydroxylation is 1. The zero-order valence-electron chi connectivity index (χ0n) is 12.6. The monoisotopic (exact) mass is 295 g/mol. The molecule has 6 heteroatoms. The molecule has 3 unspecified atom stereocenters. The molecular formula is C14H21N3O2S. The Balaban J connectivity index is 2.36. The highest BCUT2D eigenvalue weighted by atomic mass is 32.1. The predicted molar refractivity (Wildman–Crippen MR) is 78.4 cm³/mol. The summed E-state index contributed by atoms with van der Waals surface area (Å²) in [5, 5.41) is 5.67. The second kappa shape index (κ2) is 5.16. The quantitative estimate of drug-likeness (QED) is 0.928. The van der Waals surface area contributed by atoms with Crippen molar-refractivity contribution >= 4 is 23.2 Å². The lowest BCUT2D eigenvalue weighted by molar-refractivity contribution is -0.156. The normalized spacial score (nSPS) is 28.4. The van der Waals surface area contributed by atoms with Gasteiger partial charge in [0.1, 0.15) is 16.6 Å². The number of nitrogens with one attached hydrogen (secondary N) is 1. The van der Waals surface area contributed by atoms with Gasteiger partial charge in [0.05, 0.1) is 6.04 Å². The Morgan fingerprint density at radius 2 is 2.20 bits per heavy atom. The number of amides is 2. The lowest BCUT2D eigenvalue weighted by Crippen LogP contribution is -2.68. The van der Waals surface area contributed by atoms with E-state index in [2.05, 4.69) is 10.3 Å². The third-order valence-electron chi connectivity index (χ3n) is 4.02. The van der Waals surface area contributed by atoms with Crippen molar-refractivity contribution in [3.05, 3.63) is 16.1 Å². The first-order valence-corrected chi connectivity index (χ1v) is 7.75. The average molecular weight is 295 g/mol. The van der Waals surface area contributed by atoms with E-state index in [1.165, 1.54) is 11.3 Å². The van der Waals surface area contributed by atoms with Crippen LogP contribution in [-0.2, 0) is 9.59 Å². The molecule has 3 atom stereocenters. The fraction of sp³-hybridized carbons (Fsp3) is 0.643. The van der Waals surface area contributed by atoms with Gasteiger partial charge < -0.3 is 10.2 Å². The van der Waals surface area contributed by atoms with E-state index in [4.69, 9.17) is 0 Å². The SMILES string of the molecule is CCC1(C)NC(=O)C(C)N(C(C)c2nc(C)cs2)C1=O. The number of carbonyl (C=O) groups excluding carboxylic acids is 2. The fourth-order valence-corrected chi connectivity index (χ4v) is 3.30. The Kier molecular flexibility index (Phi) is 3.86. The third kappa shape index (κ3) is 2.32. The molecule has 1 aromatic heterocycles. The molecule has 1 aliphatic rings. The van der Waals surface area contributed by atoms with Crippen LogP contribution in [0.4, 0.5) is 0 Å². The molecule has 1 aromatic rings. The molecule has 0 aromatic carbocycles. The molecule has 20 heavy (non-hydrogen) atoms. The highest BCUT2D eigenvalue weighted by Gasteiger charge is 2.47. The van der Waals surface area contributed by atoms with Gasteiger partial charge in [-0.3, -0.25) is 9.59 Å². The van der Waals surface area contributed by atoms with Crippen LogP contribution in [0, 0.1) is 6.92 Å². The molecule has 5 nitrogen and oxygen atoms in total. The lowest BCUT2D eigenvalue weighted by Gasteiger charge is -2.45. The summed E-state index contributed by atoms with van der Waals surface area (Å²) >= 11 is 1.53.